The van der Waals surface area contributed by atoms with E-state index in [-0.39, 0.29) is 41.7 Å². The summed E-state index contributed by atoms with van der Waals surface area (Å²) >= 11 is 0. The van der Waals surface area contributed by atoms with Crippen LogP contribution in [0.2, 0.25) is 0 Å². The third-order valence-corrected chi connectivity index (χ3v) is 6.17. The standard InChI is InChI=1S/C23H28N6O4/c1-12-5-4-6-13(2)29(12)23-27-20-19(22(33)28-23)17(11-18(31)26-20)21(32)25-16-9-7-15(8-10-16)24-14(3)30/h7-10,12-13,17H,4-6,11H2,1-3H3,(H,24,30)(H,25,32)(H2,26,27,28,31,33)/t12-,13+,17-/m0/s1. The third-order valence-electron chi connectivity index (χ3n) is 6.17. The van der Waals surface area contributed by atoms with Crippen molar-refractivity contribution in [2.24, 2.45) is 0 Å². The van der Waals surface area contributed by atoms with Gasteiger partial charge in [-0.2, -0.15) is 4.98 Å². The number of amides is 3. The summed E-state index contributed by atoms with van der Waals surface area (Å²) in [7, 11) is 0. The van der Waals surface area contributed by atoms with Crippen LogP contribution >= 0.6 is 0 Å². The van der Waals surface area contributed by atoms with Crippen LogP contribution in [0.3, 0.4) is 0 Å². The number of rotatable bonds is 4. The number of hydrogen-bond donors (Lipinski definition) is 4. The Bertz CT molecular complexity index is 1130. The predicted molar refractivity (Wildman–Crippen MR) is 125 cm³/mol. The van der Waals surface area contributed by atoms with Crippen molar-refractivity contribution < 1.29 is 14.4 Å². The molecule has 0 spiro atoms. The van der Waals surface area contributed by atoms with Gasteiger partial charge in [0, 0.05) is 36.8 Å². The van der Waals surface area contributed by atoms with Crippen LogP contribution in [0, 0.1) is 0 Å². The van der Waals surface area contributed by atoms with Gasteiger partial charge in [-0.25, -0.2) is 0 Å². The number of aromatic amines is 1. The van der Waals surface area contributed by atoms with E-state index in [0.29, 0.717) is 17.3 Å². The lowest BCUT2D eigenvalue weighted by molar-refractivity contribution is -0.123. The second kappa shape index (κ2) is 9.05. The van der Waals surface area contributed by atoms with Crippen molar-refractivity contribution in [3.63, 3.8) is 0 Å². The van der Waals surface area contributed by atoms with Crippen molar-refractivity contribution in [3.05, 3.63) is 40.2 Å². The Hall–Kier alpha value is -3.69. The number of aromatic nitrogens is 2. The zero-order chi connectivity index (χ0) is 23.7. The van der Waals surface area contributed by atoms with Gasteiger partial charge in [0.1, 0.15) is 5.82 Å². The molecule has 3 amide bonds. The summed E-state index contributed by atoms with van der Waals surface area (Å²) < 4.78 is 0. The molecular weight excluding hydrogens is 424 g/mol. The van der Waals surface area contributed by atoms with Crippen molar-refractivity contribution in [3.8, 4) is 0 Å². The third kappa shape index (κ3) is 4.74. The van der Waals surface area contributed by atoms with E-state index in [9.17, 15) is 19.2 Å². The summed E-state index contributed by atoms with van der Waals surface area (Å²) in [5, 5.41) is 8.07. The van der Waals surface area contributed by atoms with Gasteiger partial charge in [-0.3, -0.25) is 24.2 Å². The van der Waals surface area contributed by atoms with Gasteiger partial charge in [0.15, 0.2) is 0 Å². The topological polar surface area (TPSA) is 136 Å². The van der Waals surface area contributed by atoms with E-state index in [1.54, 1.807) is 24.3 Å². The minimum Gasteiger partial charge on any atom is -0.337 e. The molecule has 3 atom stereocenters. The van der Waals surface area contributed by atoms with Crippen LogP contribution in [-0.2, 0) is 14.4 Å². The van der Waals surface area contributed by atoms with Gasteiger partial charge < -0.3 is 20.9 Å². The molecule has 1 aromatic carbocycles. The summed E-state index contributed by atoms with van der Waals surface area (Å²) in [5.74, 6) is -1.46. The zero-order valence-electron chi connectivity index (χ0n) is 18.9. The van der Waals surface area contributed by atoms with Crippen LogP contribution in [0.15, 0.2) is 29.1 Å². The minimum atomic E-state index is -0.967. The monoisotopic (exact) mass is 452 g/mol. The summed E-state index contributed by atoms with van der Waals surface area (Å²) in [4.78, 5) is 59.1. The van der Waals surface area contributed by atoms with Crippen LogP contribution in [0.1, 0.15) is 57.9 Å². The molecule has 0 radical (unpaired) electrons. The van der Waals surface area contributed by atoms with Gasteiger partial charge >= 0.3 is 0 Å². The van der Waals surface area contributed by atoms with E-state index in [1.807, 2.05) is 0 Å². The summed E-state index contributed by atoms with van der Waals surface area (Å²) in [6.45, 7) is 5.58. The van der Waals surface area contributed by atoms with E-state index in [0.717, 1.165) is 19.3 Å². The van der Waals surface area contributed by atoms with Gasteiger partial charge in [0.2, 0.25) is 23.7 Å². The molecule has 4 N–H and O–H groups in total. The van der Waals surface area contributed by atoms with Gasteiger partial charge in [-0.05, 0) is 57.4 Å². The van der Waals surface area contributed by atoms with E-state index in [2.05, 4.69) is 44.7 Å². The Balaban J connectivity index is 1.60. The number of benzene rings is 1. The number of carbonyl (C=O) groups excluding carboxylic acids is 3. The van der Waals surface area contributed by atoms with Crippen molar-refractivity contribution in [1.29, 1.82) is 0 Å². The Kier molecular flexibility index (Phi) is 6.17. The molecule has 1 saturated heterocycles. The molecule has 1 fully saturated rings. The molecule has 174 valence electrons. The molecule has 0 unspecified atom stereocenters. The highest BCUT2D eigenvalue weighted by molar-refractivity contribution is 6.04. The molecule has 2 aliphatic rings. The Morgan fingerprint density at radius 3 is 2.24 bits per heavy atom. The van der Waals surface area contributed by atoms with Crippen LogP contribution in [0.25, 0.3) is 0 Å². The molecule has 33 heavy (non-hydrogen) atoms. The molecule has 4 rings (SSSR count). The van der Waals surface area contributed by atoms with Gasteiger partial charge in [-0.1, -0.05) is 0 Å². The molecular formula is C23H28N6O4. The van der Waals surface area contributed by atoms with Crippen LogP contribution < -0.4 is 26.4 Å². The molecule has 2 aliphatic heterocycles. The Labute approximate surface area is 191 Å². The summed E-state index contributed by atoms with van der Waals surface area (Å²) in [6.07, 6.45) is 2.94. The molecule has 10 nitrogen and oxygen atoms in total. The number of H-pyrrole nitrogens is 1. The van der Waals surface area contributed by atoms with Crippen LogP contribution in [0.5, 0.6) is 0 Å². The normalized spacial score (nSPS) is 22.2. The Morgan fingerprint density at radius 2 is 1.64 bits per heavy atom. The van der Waals surface area contributed by atoms with E-state index in [4.69, 9.17) is 0 Å². The predicted octanol–water partition coefficient (Wildman–Crippen LogP) is 2.56. The van der Waals surface area contributed by atoms with Crippen molar-refractivity contribution in [2.45, 2.75) is 64.5 Å². The first-order chi connectivity index (χ1) is 15.7. The number of fused-ring (bicyclic) bond motifs is 1. The molecule has 0 bridgehead atoms. The first-order valence-electron chi connectivity index (χ1n) is 11.1. The summed E-state index contributed by atoms with van der Waals surface area (Å²) in [5.41, 5.74) is 0.806. The number of nitrogens with zero attached hydrogens (tertiary/aromatic N) is 2. The largest absolute Gasteiger partial charge is 0.337 e. The van der Waals surface area contributed by atoms with Crippen LogP contribution in [0.4, 0.5) is 23.1 Å². The lowest BCUT2D eigenvalue weighted by Crippen LogP contribution is -2.46. The van der Waals surface area contributed by atoms with E-state index < -0.39 is 17.4 Å². The average molecular weight is 453 g/mol. The lowest BCUT2D eigenvalue weighted by atomic mass is 9.92. The first kappa shape index (κ1) is 22.5. The number of anilines is 4. The molecule has 1 aromatic heterocycles. The highest BCUT2D eigenvalue weighted by Crippen LogP contribution is 2.32. The minimum absolute atomic E-state index is 0.135. The summed E-state index contributed by atoms with van der Waals surface area (Å²) in [6, 6.07) is 6.98. The quantitative estimate of drug-likeness (QED) is 0.563. The number of piperidine rings is 1. The molecule has 3 heterocycles. The van der Waals surface area contributed by atoms with E-state index >= 15 is 0 Å². The van der Waals surface area contributed by atoms with Gasteiger partial charge in [-0.15, -0.1) is 0 Å². The SMILES string of the molecule is CC(=O)Nc1ccc(NC(=O)[C@H]2CC(=O)Nc3nc(N4[C@H](C)CCC[C@@H]4C)[nH]c(=O)c32)cc1. The van der Waals surface area contributed by atoms with Crippen molar-refractivity contribution >= 4 is 40.9 Å². The lowest BCUT2D eigenvalue weighted by Gasteiger charge is -2.39. The fourth-order valence-corrected chi connectivity index (χ4v) is 4.61. The van der Waals surface area contributed by atoms with Crippen LogP contribution in [-0.4, -0.2) is 39.8 Å². The number of carbonyl (C=O) groups is 3. The maximum Gasteiger partial charge on any atom is 0.258 e. The fraction of sp³-hybridized carbons (Fsp3) is 0.435. The fourth-order valence-electron chi connectivity index (χ4n) is 4.61. The Morgan fingerprint density at radius 1 is 1.03 bits per heavy atom. The zero-order valence-corrected chi connectivity index (χ0v) is 18.9. The molecule has 10 heteroatoms. The highest BCUT2D eigenvalue weighted by Gasteiger charge is 2.36. The molecule has 2 aromatic rings. The average Bonchev–Trinajstić information content (AvgIpc) is 2.73. The second-order valence-electron chi connectivity index (χ2n) is 8.74. The first-order valence-corrected chi connectivity index (χ1v) is 11.1. The second-order valence-corrected chi connectivity index (χ2v) is 8.74. The molecule has 0 aliphatic carbocycles. The van der Waals surface area contributed by atoms with Gasteiger partial charge in [0.05, 0.1) is 11.5 Å². The smallest absolute Gasteiger partial charge is 0.258 e. The number of hydrogen-bond acceptors (Lipinski definition) is 6. The maximum atomic E-state index is 13.1. The number of nitrogens with one attached hydrogen (secondary N) is 4. The maximum absolute atomic E-state index is 13.1. The van der Waals surface area contributed by atoms with Gasteiger partial charge in [0.25, 0.3) is 5.56 Å². The van der Waals surface area contributed by atoms with E-state index in [1.165, 1.54) is 6.92 Å². The molecule has 0 saturated carbocycles. The van der Waals surface area contributed by atoms with Crippen molar-refractivity contribution in [2.75, 3.05) is 20.9 Å². The highest BCUT2D eigenvalue weighted by atomic mass is 16.2. The van der Waals surface area contributed by atoms with Crippen molar-refractivity contribution in [1.82, 2.24) is 9.97 Å².